The molecule has 0 amide bonds. The maximum absolute atomic E-state index is 9.11. The Morgan fingerprint density at radius 2 is 2.00 bits per heavy atom. The predicted octanol–water partition coefficient (Wildman–Crippen LogP) is 1.49. The van der Waals surface area contributed by atoms with E-state index in [9.17, 15) is 0 Å². The van der Waals surface area contributed by atoms with E-state index in [0.717, 1.165) is 19.6 Å². The molecule has 1 atom stereocenters. The summed E-state index contributed by atoms with van der Waals surface area (Å²) in [7, 11) is 0. The SMILES string of the molecule is CCCCN(CC)C[C@@H](C)O. The summed E-state index contributed by atoms with van der Waals surface area (Å²) in [5.41, 5.74) is 0. The van der Waals surface area contributed by atoms with Gasteiger partial charge in [0.15, 0.2) is 0 Å². The molecule has 0 aromatic rings. The maximum atomic E-state index is 9.11. The van der Waals surface area contributed by atoms with Crippen LogP contribution >= 0.6 is 0 Å². The number of hydrogen-bond donors (Lipinski definition) is 1. The lowest BCUT2D eigenvalue weighted by molar-refractivity contribution is 0.129. The first-order valence-corrected chi connectivity index (χ1v) is 4.61. The van der Waals surface area contributed by atoms with Crippen LogP contribution in [0.1, 0.15) is 33.6 Å². The quantitative estimate of drug-likeness (QED) is 0.634. The molecule has 2 nitrogen and oxygen atoms in total. The third-order valence-corrected chi connectivity index (χ3v) is 1.80. The number of nitrogens with zero attached hydrogens (tertiary/aromatic N) is 1. The second-order valence-electron chi connectivity index (χ2n) is 3.10. The summed E-state index contributed by atoms with van der Waals surface area (Å²) in [4.78, 5) is 2.29. The van der Waals surface area contributed by atoms with E-state index in [2.05, 4.69) is 18.7 Å². The van der Waals surface area contributed by atoms with Crippen LogP contribution in [-0.2, 0) is 0 Å². The molecule has 0 heterocycles. The summed E-state index contributed by atoms with van der Waals surface area (Å²) >= 11 is 0. The molecule has 0 aliphatic heterocycles. The second kappa shape index (κ2) is 6.62. The van der Waals surface area contributed by atoms with Crippen molar-refractivity contribution in [3.05, 3.63) is 0 Å². The van der Waals surface area contributed by atoms with E-state index < -0.39 is 0 Å². The monoisotopic (exact) mass is 159 g/mol. The molecule has 68 valence electrons. The Hall–Kier alpha value is -0.0800. The minimum atomic E-state index is -0.188. The zero-order valence-electron chi connectivity index (χ0n) is 8.01. The lowest BCUT2D eigenvalue weighted by Gasteiger charge is -2.21. The highest BCUT2D eigenvalue weighted by Crippen LogP contribution is 1.96. The van der Waals surface area contributed by atoms with Crippen LogP contribution in [0.2, 0.25) is 0 Å². The van der Waals surface area contributed by atoms with Crippen molar-refractivity contribution >= 4 is 0 Å². The summed E-state index contributed by atoms with van der Waals surface area (Å²) in [6.07, 6.45) is 2.28. The molecule has 0 aromatic heterocycles. The Morgan fingerprint density at radius 1 is 1.36 bits per heavy atom. The summed E-state index contributed by atoms with van der Waals surface area (Å²) in [5.74, 6) is 0. The summed E-state index contributed by atoms with van der Waals surface area (Å²) in [5, 5.41) is 9.11. The lowest BCUT2D eigenvalue weighted by atomic mass is 10.3. The number of unbranched alkanes of at least 4 members (excludes halogenated alkanes) is 1. The number of rotatable bonds is 6. The fraction of sp³-hybridized carbons (Fsp3) is 1.00. The van der Waals surface area contributed by atoms with Gasteiger partial charge in [-0.05, 0) is 26.4 Å². The molecule has 0 aromatic carbocycles. The van der Waals surface area contributed by atoms with E-state index in [4.69, 9.17) is 5.11 Å². The van der Waals surface area contributed by atoms with E-state index in [1.54, 1.807) is 0 Å². The number of aliphatic hydroxyl groups excluding tert-OH is 1. The first-order chi connectivity index (χ1) is 5.20. The summed E-state index contributed by atoms with van der Waals surface area (Å²) < 4.78 is 0. The summed E-state index contributed by atoms with van der Waals surface area (Å²) in [6, 6.07) is 0. The molecule has 0 rings (SSSR count). The molecule has 0 aliphatic carbocycles. The topological polar surface area (TPSA) is 23.5 Å². The van der Waals surface area contributed by atoms with E-state index in [-0.39, 0.29) is 6.10 Å². The van der Waals surface area contributed by atoms with Crippen LogP contribution in [0.3, 0.4) is 0 Å². The molecule has 0 radical (unpaired) electrons. The van der Waals surface area contributed by atoms with Gasteiger partial charge in [0.25, 0.3) is 0 Å². The molecular weight excluding hydrogens is 138 g/mol. The smallest absolute Gasteiger partial charge is 0.0639 e. The second-order valence-corrected chi connectivity index (χ2v) is 3.10. The van der Waals surface area contributed by atoms with E-state index >= 15 is 0 Å². The molecule has 1 N–H and O–H groups in total. The average molecular weight is 159 g/mol. The van der Waals surface area contributed by atoms with Gasteiger partial charge in [0, 0.05) is 6.54 Å². The van der Waals surface area contributed by atoms with Gasteiger partial charge in [-0.1, -0.05) is 20.3 Å². The minimum Gasteiger partial charge on any atom is -0.392 e. The zero-order valence-corrected chi connectivity index (χ0v) is 8.01. The van der Waals surface area contributed by atoms with Crippen molar-refractivity contribution in [1.29, 1.82) is 0 Å². The largest absolute Gasteiger partial charge is 0.392 e. The van der Waals surface area contributed by atoms with Crippen molar-refractivity contribution in [3.8, 4) is 0 Å². The first-order valence-electron chi connectivity index (χ1n) is 4.61. The first kappa shape index (κ1) is 10.9. The average Bonchev–Trinajstić information content (AvgIpc) is 1.97. The van der Waals surface area contributed by atoms with Crippen molar-refractivity contribution in [2.75, 3.05) is 19.6 Å². The molecule has 0 bridgehead atoms. The normalized spacial score (nSPS) is 13.9. The van der Waals surface area contributed by atoms with Gasteiger partial charge in [0.2, 0.25) is 0 Å². The van der Waals surface area contributed by atoms with Crippen molar-refractivity contribution in [3.63, 3.8) is 0 Å². The Balaban J connectivity index is 3.41. The molecule has 0 saturated carbocycles. The zero-order chi connectivity index (χ0) is 8.69. The Kier molecular flexibility index (Phi) is 6.57. The van der Waals surface area contributed by atoms with Crippen molar-refractivity contribution in [1.82, 2.24) is 4.90 Å². The molecule has 0 spiro atoms. The van der Waals surface area contributed by atoms with Crippen molar-refractivity contribution in [2.45, 2.75) is 39.7 Å². The van der Waals surface area contributed by atoms with Gasteiger partial charge < -0.3 is 10.0 Å². The molecule has 0 saturated heterocycles. The molecule has 0 fully saturated rings. The molecule has 11 heavy (non-hydrogen) atoms. The number of aliphatic hydroxyl groups is 1. The Labute approximate surface area is 70.2 Å². The highest BCUT2D eigenvalue weighted by atomic mass is 16.3. The third kappa shape index (κ3) is 6.32. The lowest BCUT2D eigenvalue weighted by Crippen LogP contribution is -2.31. The Bertz CT molecular complexity index is 83.6. The van der Waals surface area contributed by atoms with Crippen LogP contribution in [-0.4, -0.2) is 35.7 Å². The molecular formula is C9H21NO. The molecule has 0 unspecified atom stereocenters. The molecule has 0 aliphatic rings. The van der Waals surface area contributed by atoms with Crippen LogP contribution in [0.4, 0.5) is 0 Å². The van der Waals surface area contributed by atoms with Gasteiger partial charge in [0.05, 0.1) is 6.10 Å². The minimum absolute atomic E-state index is 0.188. The van der Waals surface area contributed by atoms with Gasteiger partial charge in [-0.2, -0.15) is 0 Å². The van der Waals surface area contributed by atoms with Gasteiger partial charge in [-0.3, -0.25) is 0 Å². The number of likely N-dealkylation sites (N-methyl/N-ethyl adjacent to an activating group) is 1. The van der Waals surface area contributed by atoms with Crippen LogP contribution in [0.25, 0.3) is 0 Å². The van der Waals surface area contributed by atoms with E-state index in [1.807, 2.05) is 6.92 Å². The van der Waals surface area contributed by atoms with E-state index in [1.165, 1.54) is 12.8 Å². The van der Waals surface area contributed by atoms with E-state index in [0.29, 0.717) is 0 Å². The van der Waals surface area contributed by atoms with Gasteiger partial charge in [-0.15, -0.1) is 0 Å². The summed E-state index contributed by atoms with van der Waals surface area (Å²) in [6.45, 7) is 9.15. The van der Waals surface area contributed by atoms with Crippen LogP contribution in [0.5, 0.6) is 0 Å². The van der Waals surface area contributed by atoms with Crippen LogP contribution < -0.4 is 0 Å². The highest BCUT2D eigenvalue weighted by Gasteiger charge is 2.03. The van der Waals surface area contributed by atoms with Gasteiger partial charge in [0.1, 0.15) is 0 Å². The fourth-order valence-electron chi connectivity index (χ4n) is 1.13. The van der Waals surface area contributed by atoms with Gasteiger partial charge in [-0.25, -0.2) is 0 Å². The third-order valence-electron chi connectivity index (χ3n) is 1.80. The number of hydrogen-bond acceptors (Lipinski definition) is 2. The van der Waals surface area contributed by atoms with Crippen molar-refractivity contribution in [2.24, 2.45) is 0 Å². The van der Waals surface area contributed by atoms with Crippen molar-refractivity contribution < 1.29 is 5.11 Å². The van der Waals surface area contributed by atoms with Gasteiger partial charge >= 0.3 is 0 Å². The Morgan fingerprint density at radius 3 is 2.36 bits per heavy atom. The highest BCUT2D eigenvalue weighted by molar-refractivity contribution is 4.58. The fourth-order valence-corrected chi connectivity index (χ4v) is 1.13. The standard InChI is InChI=1S/C9H21NO/c1-4-6-7-10(5-2)8-9(3)11/h9,11H,4-8H2,1-3H3/t9-/m1/s1. The van der Waals surface area contributed by atoms with Crippen LogP contribution in [0.15, 0.2) is 0 Å². The molecule has 2 heteroatoms. The predicted molar refractivity (Wildman–Crippen MR) is 48.7 cm³/mol. The maximum Gasteiger partial charge on any atom is 0.0639 e. The van der Waals surface area contributed by atoms with Crippen LogP contribution in [0, 0.1) is 0 Å².